The van der Waals surface area contributed by atoms with E-state index in [0.29, 0.717) is 17.5 Å². The number of aryl methyl sites for hydroxylation is 1. The van der Waals surface area contributed by atoms with E-state index in [9.17, 15) is 4.79 Å². The van der Waals surface area contributed by atoms with Gasteiger partial charge in [0.25, 0.3) is 11.8 Å². The zero-order valence-corrected chi connectivity index (χ0v) is 17.0. The number of carbonyl (C=O) groups is 1. The van der Waals surface area contributed by atoms with Gasteiger partial charge in [-0.05, 0) is 48.4 Å². The third-order valence-corrected chi connectivity index (χ3v) is 4.42. The second-order valence-corrected chi connectivity index (χ2v) is 6.93. The van der Waals surface area contributed by atoms with Crippen LogP contribution in [-0.2, 0) is 4.79 Å². The van der Waals surface area contributed by atoms with Crippen LogP contribution < -0.4 is 10.1 Å². The lowest BCUT2D eigenvalue weighted by molar-refractivity contribution is -0.118. The van der Waals surface area contributed by atoms with Crippen LogP contribution >= 0.6 is 0 Å². The van der Waals surface area contributed by atoms with Gasteiger partial charge in [-0.1, -0.05) is 59.8 Å². The third-order valence-electron chi connectivity index (χ3n) is 4.42. The van der Waals surface area contributed by atoms with Gasteiger partial charge in [-0.3, -0.25) is 4.79 Å². The predicted molar refractivity (Wildman–Crippen MR) is 120 cm³/mol. The summed E-state index contributed by atoms with van der Waals surface area (Å²) in [6.45, 7) is 1.87. The molecular formula is C25H21N3O3. The van der Waals surface area contributed by atoms with Crippen LogP contribution in [0.5, 0.6) is 5.75 Å². The normalized spacial score (nSPS) is 10.9. The molecule has 4 aromatic rings. The summed E-state index contributed by atoms with van der Waals surface area (Å²) < 4.78 is 10.9. The predicted octanol–water partition coefficient (Wildman–Crippen LogP) is 5.23. The average Bonchev–Trinajstić information content (AvgIpc) is 3.26. The Labute approximate surface area is 180 Å². The zero-order valence-electron chi connectivity index (χ0n) is 17.0. The lowest BCUT2D eigenvalue weighted by atomic mass is 10.2. The maximum Gasteiger partial charge on any atom is 0.262 e. The van der Waals surface area contributed by atoms with Gasteiger partial charge in [-0.15, -0.1) is 0 Å². The van der Waals surface area contributed by atoms with E-state index in [-0.39, 0.29) is 12.5 Å². The molecule has 0 spiro atoms. The Morgan fingerprint density at radius 1 is 1.00 bits per heavy atom. The van der Waals surface area contributed by atoms with E-state index < -0.39 is 0 Å². The van der Waals surface area contributed by atoms with Crippen molar-refractivity contribution in [2.24, 2.45) is 0 Å². The fourth-order valence-electron chi connectivity index (χ4n) is 2.95. The van der Waals surface area contributed by atoms with Gasteiger partial charge in [-0.2, -0.15) is 4.98 Å². The number of hydrogen-bond acceptors (Lipinski definition) is 5. The molecule has 0 atom stereocenters. The smallest absolute Gasteiger partial charge is 0.262 e. The van der Waals surface area contributed by atoms with E-state index in [1.807, 2.05) is 79.7 Å². The van der Waals surface area contributed by atoms with Gasteiger partial charge < -0.3 is 14.6 Å². The van der Waals surface area contributed by atoms with Gasteiger partial charge in [0.1, 0.15) is 5.75 Å². The Hall–Kier alpha value is -4.19. The van der Waals surface area contributed by atoms with Gasteiger partial charge in [0.15, 0.2) is 6.61 Å². The molecule has 6 nitrogen and oxygen atoms in total. The Balaban J connectivity index is 1.37. The van der Waals surface area contributed by atoms with Gasteiger partial charge in [-0.25, -0.2) is 0 Å². The molecule has 0 bridgehead atoms. The number of nitrogens with one attached hydrogen (secondary N) is 1. The molecule has 6 heteroatoms. The van der Waals surface area contributed by atoms with Crippen LogP contribution in [0.4, 0.5) is 5.69 Å². The second kappa shape index (κ2) is 9.54. The summed E-state index contributed by atoms with van der Waals surface area (Å²) in [5, 5.41) is 6.85. The van der Waals surface area contributed by atoms with Gasteiger partial charge in [0.2, 0.25) is 5.82 Å². The first kappa shape index (κ1) is 20.1. The zero-order chi connectivity index (χ0) is 21.5. The van der Waals surface area contributed by atoms with Crippen LogP contribution in [0, 0.1) is 6.92 Å². The number of anilines is 1. The number of benzene rings is 3. The summed E-state index contributed by atoms with van der Waals surface area (Å²) in [4.78, 5) is 16.6. The summed E-state index contributed by atoms with van der Waals surface area (Å²) >= 11 is 0. The minimum atomic E-state index is -0.233. The first-order valence-corrected chi connectivity index (χ1v) is 9.82. The molecule has 0 aliphatic rings. The number of nitrogens with zero attached hydrogens (tertiary/aromatic N) is 2. The molecule has 0 radical (unpaired) electrons. The number of ether oxygens (including phenoxy) is 1. The molecule has 0 aliphatic heterocycles. The van der Waals surface area contributed by atoms with Crippen LogP contribution in [0.15, 0.2) is 83.4 Å². The van der Waals surface area contributed by atoms with Crippen molar-refractivity contribution in [1.29, 1.82) is 0 Å². The van der Waals surface area contributed by atoms with Gasteiger partial charge in [0.05, 0.1) is 0 Å². The molecular weight excluding hydrogens is 390 g/mol. The van der Waals surface area contributed by atoms with Crippen molar-refractivity contribution in [2.75, 3.05) is 11.9 Å². The van der Waals surface area contributed by atoms with Crippen LogP contribution in [0.3, 0.4) is 0 Å². The van der Waals surface area contributed by atoms with Crippen molar-refractivity contribution >= 4 is 23.7 Å². The molecule has 0 saturated heterocycles. The highest BCUT2D eigenvalue weighted by atomic mass is 16.5. The number of amides is 1. The maximum absolute atomic E-state index is 12.2. The quantitative estimate of drug-likeness (QED) is 0.450. The summed E-state index contributed by atoms with van der Waals surface area (Å²) in [5.41, 5.74) is 3.59. The highest BCUT2D eigenvalue weighted by Gasteiger charge is 2.09. The summed E-state index contributed by atoms with van der Waals surface area (Å²) in [5.74, 6) is 1.16. The van der Waals surface area contributed by atoms with E-state index >= 15 is 0 Å². The highest BCUT2D eigenvalue weighted by molar-refractivity contribution is 5.91. The lowest BCUT2D eigenvalue weighted by Gasteiger charge is -2.08. The topological polar surface area (TPSA) is 77.2 Å². The Morgan fingerprint density at radius 3 is 2.68 bits per heavy atom. The average molecular weight is 411 g/mol. The minimum absolute atomic E-state index is 0.102. The highest BCUT2D eigenvalue weighted by Crippen LogP contribution is 2.22. The minimum Gasteiger partial charge on any atom is -0.484 e. The molecule has 0 fully saturated rings. The second-order valence-electron chi connectivity index (χ2n) is 6.93. The van der Waals surface area contributed by atoms with Gasteiger partial charge in [0, 0.05) is 17.3 Å². The number of rotatable bonds is 7. The van der Waals surface area contributed by atoms with Gasteiger partial charge >= 0.3 is 0 Å². The van der Waals surface area contributed by atoms with Crippen LogP contribution in [0.25, 0.3) is 23.5 Å². The molecule has 4 rings (SSSR count). The molecule has 1 amide bonds. The van der Waals surface area contributed by atoms with Crippen LogP contribution in [0.1, 0.15) is 17.0 Å². The Kier molecular flexibility index (Phi) is 6.18. The molecule has 0 unspecified atom stereocenters. The fourth-order valence-corrected chi connectivity index (χ4v) is 2.95. The first-order valence-electron chi connectivity index (χ1n) is 9.82. The molecule has 0 aliphatic carbocycles. The molecule has 1 aromatic heterocycles. The molecule has 0 saturated carbocycles. The van der Waals surface area contributed by atoms with Crippen molar-refractivity contribution in [3.63, 3.8) is 0 Å². The Bertz CT molecular complexity index is 1200. The summed E-state index contributed by atoms with van der Waals surface area (Å²) in [7, 11) is 0. The van der Waals surface area contributed by atoms with Crippen molar-refractivity contribution in [1.82, 2.24) is 10.1 Å². The standard InChI is InChI=1S/C25H21N3O3/c1-18-7-5-11-21(15-18)26-23(29)17-30-22-12-6-10-20(16-22)25-27-24(31-28-25)14-13-19-8-3-2-4-9-19/h2-16H,17H2,1H3,(H,26,29). The first-order chi connectivity index (χ1) is 15.2. The summed E-state index contributed by atoms with van der Waals surface area (Å²) in [6, 6.07) is 24.7. The number of hydrogen-bond donors (Lipinski definition) is 1. The van der Waals surface area contributed by atoms with Crippen molar-refractivity contribution < 1.29 is 14.1 Å². The molecule has 1 N–H and O–H groups in total. The van der Waals surface area contributed by atoms with Crippen molar-refractivity contribution in [3.05, 3.63) is 95.9 Å². The SMILES string of the molecule is Cc1cccc(NC(=O)COc2cccc(-c3noc(C=Cc4ccccc4)n3)c2)c1. The van der Waals surface area contributed by atoms with E-state index in [1.165, 1.54) is 0 Å². The number of carbonyl (C=O) groups excluding carboxylic acids is 1. The van der Waals surface area contributed by atoms with E-state index in [2.05, 4.69) is 15.5 Å². The Morgan fingerprint density at radius 2 is 1.84 bits per heavy atom. The molecule has 154 valence electrons. The monoisotopic (exact) mass is 411 g/mol. The number of aromatic nitrogens is 2. The summed E-state index contributed by atoms with van der Waals surface area (Å²) in [6.07, 6.45) is 3.67. The van der Waals surface area contributed by atoms with E-state index in [1.54, 1.807) is 18.2 Å². The molecule has 3 aromatic carbocycles. The maximum atomic E-state index is 12.2. The van der Waals surface area contributed by atoms with Crippen molar-refractivity contribution in [3.8, 4) is 17.1 Å². The fraction of sp³-hybridized carbons (Fsp3) is 0.0800. The van der Waals surface area contributed by atoms with Crippen molar-refractivity contribution in [2.45, 2.75) is 6.92 Å². The largest absolute Gasteiger partial charge is 0.484 e. The van der Waals surface area contributed by atoms with E-state index in [0.717, 1.165) is 22.4 Å². The third kappa shape index (κ3) is 5.67. The van der Waals surface area contributed by atoms with Crippen LogP contribution in [-0.4, -0.2) is 22.7 Å². The lowest BCUT2D eigenvalue weighted by Crippen LogP contribution is -2.20. The molecule has 31 heavy (non-hydrogen) atoms. The van der Waals surface area contributed by atoms with Crippen LogP contribution in [0.2, 0.25) is 0 Å². The van der Waals surface area contributed by atoms with E-state index in [4.69, 9.17) is 9.26 Å². The molecule has 1 heterocycles.